The van der Waals surface area contributed by atoms with E-state index in [-0.39, 0.29) is 41.3 Å². The first-order valence-corrected chi connectivity index (χ1v) is 10.3. The van der Waals surface area contributed by atoms with Crippen molar-refractivity contribution >= 4 is 28.8 Å². The van der Waals surface area contributed by atoms with Crippen LogP contribution in [-0.4, -0.2) is 84.4 Å². The summed E-state index contributed by atoms with van der Waals surface area (Å²) in [6.07, 6.45) is -1.64. The van der Waals surface area contributed by atoms with E-state index in [2.05, 4.69) is 32.1 Å². The summed E-state index contributed by atoms with van der Waals surface area (Å²) in [6.45, 7) is 1.96. The second kappa shape index (κ2) is 8.70. The monoisotopic (exact) mass is 443 g/mol. The predicted molar refractivity (Wildman–Crippen MR) is 112 cm³/mol. The van der Waals surface area contributed by atoms with Gasteiger partial charge in [0, 0.05) is 19.5 Å². The maximum Gasteiger partial charge on any atom is 0.252 e. The van der Waals surface area contributed by atoms with Crippen LogP contribution in [0, 0.1) is 11.8 Å². The second-order valence-corrected chi connectivity index (χ2v) is 7.87. The number of carbonyl (C=O) groups is 2. The Morgan fingerprint density at radius 3 is 2.78 bits per heavy atom. The van der Waals surface area contributed by atoms with Crippen LogP contribution in [0.2, 0.25) is 0 Å². The van der Waals surface area contributed by atoms with Crippen LogP contribution >= 0.6 is 0 Å². The standard InChI is InChI=1S/C20H25N7O5/c1-3-12(28)26(2)8-4-5-11-24-17(21)13-18(25-11)27(9-22-13)20-15(30)14(29)16(32-20)19(31)23-10-6-7-10/h9-10,14-16,20,29-30H,3,6-8H2,1-2H3,(H,23,31)(H2,21,24,25)/t14?,15-,16-,20+/m0/s1. The van der Waals surface area contributed by atoms with E-state index in [1.807, 2.05) is 0 Å². The Hall–Kier alpha value is -3.27. The number of nitrogens with one attached hydrogen (secondary N) is 1. The fourth-order valence-electron chi connectivity index (χ4n) is 3.39. The molecule has 2 amide bonds. The average Bonchev–Trinajstić information content (AvgIpc) is 3.40. The normalized spacial score (nSPS) is 24.8. The zero-order chi connectivity index (χ0) is 23.0. The Labute approximate surface area is 183 Å². The third-order valence-electron chi connectivity index (χ3n) is 5.39. The molecular weight excluding hydrogens is 418 g/mol. The molecule has 1 aliphatic carbocycles. The van der Waals surface area contributed by atoms with Crippen molar-refractivity contribution < 1.29 is 24.5 Å². The number of amides is 2. The van der Waals surface area contributed by atoms with Crippen molar-refractivity contribution in [1.82, 2.24) is 29.7 Å². The average molecular weight is 443 g/mol. The van der Waals surface area contributed by atoms with Crippen LogP contribution in [0.1, 0.15) is 38.2 Å². The molecule has 0 aromatic carbocycles. The SMILES string of the molecule is CCC(=O)N(C)CC#Cc1nc(N)c2ncn([C@@H]3O[C@H](C(=O)NC4CC4)C(O)[C@@H]3O)c2n1. The first-order chi connectivity index (χ1) is 15.3. The molecule has 2 fully saturated rings. The number of aliphatic hydroxyl groups excluding tert-OH is 2. The van der Waals surface area contributed by atoms with Gasteiger partial charge in [0.05, 0.1) is 12.9 Å². The molecule has 12 nitrogen and oxygen atoms in total. The number of ether oxygens (including phenoxy) is 1. The van der Waals surface area contributed by atoms with Gasteiger partial charge < -0.3 is 30.9 Å². The van der Waals surface area contributed by atoms with Crippen LogP contribution in [0.4, 0.5) is 5.82 Å². The number of hydrogen-bond donors (Lipinski definition) is 4. The van der Waals surface area contributed by atoms with Gasteiger partial charge in [0.1, 0.15) is 17.7 Å². The zero-order valence-corrected chi connectivity index (χ0v) is 17.7. The Morgan fingerprint density at radius 1 is 1.34 bits per heavy atom. The van der Waals surface area contributed by atoms with Crippen LogP contribution in [0.3, 0.4) is 0 Å². The molecule has 1 aliphatic heterocycles. The van der Waals surface area contributed by atoms with Gasteiger partial charge in [-0.2, -0.15) is 0 Å². The van der Waals surface area contributed by atoms with Crippen molar-refractivity contribution in [3.63, 3.8) is 0 Å². The maximum atomic E-state index is 12.4. The molecule has 0 spiro atoms. The summed E-state index contributed by atoms with van der Waals surface area (Å²) in [6, 6.07) is 0.0869. The minimum atomic E-state index is -1.42. The molecule has 1 unspecified atom stereocenters. The Balaban J connectivity index is 1.58. The number of nitrogens with zero attached hydrogens (tertiary/aromatic N) is 5. The van der Waals surface area contributed by atoms with E-state index in [0.29, 0.717) is 6.42 Å². The summed E-state index contributed by atoms with van der Waals surface area (Å²) in [4.78, 5) is 38.1. The first kappa shape index (κ1) is 21.9. The van der Waals surface area contributed by atoms with Crippen molar-refractivity contribution in [3.8, 4) is 11.8 Å². The lowest BCUT2D eigenvalue weighted by Crippen LogP contribution is -2.43. The van der Waals surface area contributed by atoms with Crippen molar-refractivity contribution in [3.05, 3.63) is 12.2 Å². The number of anilines is 1. The highest BCUT2D eigenvalue weighted by Gasteiger charge is 2.48. The van der Waals surface area contributed by atoms with Gasteiger partial charge in [0.2, 0.25) is 11.7 Å². The molecule has 3 heterocycles. The van der Waals surface area contributed by atoms with Crippen LogP contribution in [0.25, 0.3) is 11.2 Å². The molecule has 0 radical (unpaired) electrons. The summed E-state index contributed by atoms with van der Waals surface area (Å²) in [5.41, 5.74) is 6.50. The number of aromatic nitrogens is 4. The van der Waals surface area contributed by atoms with E-state index in [9.17, 15) is 19.8 Å². The predicted octanol–water partition coefficient (Wildman–Crippen LogP) is -1.47. The van der Waals surface area contributed by atoms with Crippen molar-refractivity contribution in [2.24, 2.45) is 0 Å². The summed E-state index contributed by atoms with van der Waals surface area (Å²) in [5.74, 6) is 5.25. The molecule has 5 N–H and O–H groups in total. The minimum Gasteiger partial charge on any atom is -0.387 e. The molecule has 4 atom stereocenters. The van der Waals surface area contributed by atoms with Crippen molar-refractivity contribution in [1.29, 1.82) is 0 Å². The van der Waals surface area contributed by atoms with E-state index >= 15 is 0 Å². The fraction of sp³-hybridized carbons (Fsp3) is 0.550. The molecule has 4 rings (SSSR count). The molecule has 1 saturated carbocycles. The number of imidazole rings is 1. The third kappa shape index (κ3) is 4.22. The van der Waals surface area contributed by atoms with Gasteiger partial charge in [-0.15, -0.1) is 0 Å². The molecule has 2 aliphatic rings. The second-order valence-electron chi connectivity index (χ2n) is 7.87. The van der Waals surface area contributed by atoms with Gasteiger partial charge in [0.15, 0.2) is 23.8 Å². The summed E-state index contributed by atoms with van der Waals surface area (Å²) in [7, 11) is 1.65. The van der Waals surface area contributed by atoms with E-state index in [4.69, 9.17) is 10.5 Å². The lowest BCUT2D eigenvalue weighted by Gasteiger charge is -2.16. The fourth-order valence-corrected chi connectivity index (χ4v) is 3.39. The lowest BCUT2D eigenvalue weighted by atomic mass is 10.1. The van der Waals surface area contributed by atoms with Gasteiger partial charge in [-0.05, 0) is 18.8 Å². The van der Waals surface area contributed by atoms with Gasteiger partial charge in [0.25, 0.3) is 5.91 Å². The van der Waals surface area contributed by atoms with Crippen molar-refractivity contribution in [2.45, 2.75) is 56.8 Å². The molecule has 0 bridgehead atoms. The number of fused-ring (bicyclic) bond motifs is 1. The summed E-state index contributed by atoms with van der Waals surface area (Å²) < 4.78 is 7.08. The quantitative estimate of drug-likeness (QED) is 0.403. The van der Waals surface area contributed by atoms with E-state index < -0.39 is 30.4 Å². The van der Waals surface area contributed by atoms with Gasteiger partial charge in [-0.25, -0.2) is 15.0 Å². The van der Waals surface area contributed by atoms with Crippen LogP contribution in [0.15, 0.2) is 6.33 Å². The molecule has 2 aromatic heterocycles. The van der Waals surface area contributed by atoms with Crippen LogP contribution < -0.4 is 11.1 Å². The van der Waals surface area contributed by atoms with Gasteiger partial charge in [-0.3, -0.25) is 14.2 Å². The summed E-state index contributed by atoms with van der Waals surface area (Å²) >= 11 is 0. The summed E-state index contributed by atoms with van der Waals surface area (Å²) in [5, 5.41) is 23.7. The maximum absolute atomic E-state index is 12.4. The molecule has 1 saturated heterocycles. The molecular formula is C20H25N7O5. The third-order valence-corrected chi connectivity index (χ3v) is 5.39. The smallest absolute Gasteiger partial charge is 0.252 e. The number of nitrogen functional groups attached to an aromatic ring is 1. The number of rotatable bonds is 5. The van der Waals surface area contributed by atoms with Gasteiger partial charge >= 0.3 is 0 Å². The molecule has 170 valence electrons. The highest BCUT2D eigenvalue weighted by Crippen LogP contribution is 2.33. The molecule has 12 heteroatoms. The highest BCUT2D eigenvalue weighted by molar-refractivity contribution is 5.83. The first-order valence-electron chi connectivity index (χ1n) is 10.3. The zero-order valence-electron chi connectivity index (χ0n) is 17.7. The minimum absolute atomic E-state index is 0.0422. The largest absolute Gasteiger partial charge is 0.387 e. The van der Waals surface area contributed by atoms with Gasteiger partial charge in [-0.1, -0.05) is 12.8 Å². The Bertz CT molecular complexity index is 1100. The number of nitrogens with two attached hydrogens (primary N) is 1. The topological polar surface area (TPSA) is 169 Å². The van der Waals surface area contributed by atoms with Crippen molar-refractivity contribution in [2.75, 3.05) is 19.3 Å². The van der Waals surface area contributed by atoms with E-state index in [1.165, 1.54) is 15.8 Å². The van der Waals surface area contributed by atoms with E-state index in [0.717, 1.165) is 12.8 Å². The highest BCUT2D eigenvalue weighted by atomic mass is 16.6. The van der Waals surface area contributed by atoms with Crippen LogP contribution in [0.5, 0.6) is 0 Å². The Morgan fingerprint density at radius 2 is 2.09 bits per heavy atom. The molecule has 2 aromatic rings. The van der Waals surface area contributed by atoms with E-state index in [1.54, 1.807) is 14.0 Å². The molecule has 32 heavy (non-hydrogen) atoms. The van der Waals surface area contributed by atoms with Crippen LogP contribution in [-0.2, 0) is 14.3 Å². The number of aliphatic hydroxyl groups is 2. The Kier molecular flexibility index (Phi) is 5.96. The number of carbonyl (C=O) groups excluding carboxylic acids is 2. The number of hydrogen-bond acceptors (Lipinski definition) is 9. The lowest BCUT2D eigenvalue weighted by molar-refractivity contribution is -0.137.